The van der Waals surface area contributed by atoms with Crippen molar-refractivity contribution in [1.29, 1.82) is 0 Å². The molecule has 1 amide bonds. The summed E-state index contributed by atoms with van der Waals surface area (Å²) >= 11 is 0. The van der Waals surface area contributed by atoms with Crippen LogP contribution in [0.25, 0.3) is 0 Å². The molecule has 118 valence electrons. The van der Waals surface area contributed by atoms with E-state index in [0.717, 1.165) is 12.2 Å². The Morgan fingerprint density at radius 1 is 1.24 bits per heavy atom. The van der Waals surface area contributed by atoms with Crippen molar-refractivity contribution >= 4 is 5.91 Å². The molecular weight excluding hydrogens is 266 g/mol. The molecule has 2 N–H and O–H groups in total. The second-order valence-corrected chi connectivity index (χ2v) is 5.91. The Kier molecular flexibility index (Phi) is 7.15. The SMILES string of the molecule is CC(C)NCc1ccc(OCC(=O)NC(C)C(C)C)cn1. The van der Waals surface area contributed by atoms with Crippen molar-refractivity contribution in [2.45, 2.75) is 53.2 Å². The third-order valence-electron chi connectivity index (χ3n) is 3.25. The summed E-state index contributed by atoms with van der Waals surface area (Å²) in [6.45, 7) is 11.1. The lowest BCUT2D eigenvalue weighted by Gasteiger charge is -2.17. The number of pyridine rings is 1. The summed E-state index contributed by atoms with van der Waals surface area (Å²) in [5.41, 5.74) is 0.953. The van der Waals surface area contributed by atoms with Crippen LogP contribution in [0.5, 0.6) is 5.75 Å². The first-order chi connectivity index (χ1) is 9.88. The Morgan fingerprint density at radius 3 is 2.48 bits per heavy atom. The molecule has 0 aliphatic heterocycles. The summed E-state index contributed by atoms with van der Waals surface area (Å²) in [5.74, 6) is 0.903. The van der Waals surface area contributed by atoms with E-state index in [2.05, 4.69) is 43.3 Å². The average molecular weight is 293 g/mol. The van der Waals surface area contributed by atoms with Gasteiger partial charge < -0.3 is 15.4 Å². The van der Waals surface area contributed by atoms with E-state index in [9.17, 15) is 4.79 Å². The van der Waals surface area contributed by atoms with Crippen LogP contribution in [0.1, 0.15) is 40.3 Å². The molecule has 1 heterocycles. The fourth-order valence-electron chi connectivity index (χ4n) is 1.52. The molecule has 0 fully saturated rings. The maximum Gasteiger partial charge on any atom is 0.258 e. The van der Waals surface area contributed by atoms with Crippen molar-refractivity contribution in [3.63, 3.8) is 0 Å². The van der Waals surface area contributed by atoms with Gasteiger partial charge in [0.2, 0.25) is 0 Å². The lowest BCUT2D eigenvalue weighted by Crippen LogP contribution is -2.38. The standard InChI is InChI=1S/C16H27N3O2/c1-11(2)13(5)19-16(20)10-21-15-7-6-14(18-9-15)8-17-12(3)4/h6-7,9,11-13,17H,8,10H2,1-5H3,(H,19,20). The molecule has 0 saturated heterocycles. The molecule has 0 aliphatic rings. The number of carbonyl (C=O) groups is 1. The van der Waals surface area contributed by atoms with Crippen molar-refractivity contribution in [2.75, 3.05) is 6.61 Å². The van der Waals surface area contributed by atoms with Gasteiger partial charge in [-0.3, -0.25) is 9.78 Å². The fraction of sp³-hybridized carbons (Fsp3) is 0.625. The highest BCUT2D eigenvalue weighted by Crippen LogP contribution is 2.09. The number of ether oxygens (including phenoxy) is 1. The number of rotatable bonds is 8. The number of carbonyl (C=O) groups excluding carboxylic acids is 1. The van der Waals surface area contributed by atoms with E-state index >= 15 is 0 Å². The van der Waals surface area contributed by atoms with Gasteiger partial charge in [0.25, 0.3) is 5.91 Å². The molecule has 0 bridgehead atoms. The number of aromatic nitrogens is 1. The van der Waals surface area contributed by atoms with Crippen molar-refractivity contribution in [3.8, 4) is 5.75 Å². The van der Waals surface area contributed by atoms with Gasteiger partial charge in [0.05, 0.1) is 11.9 Å². The van der Waals surface area contributed by atoms with Gasteiger partial charge in [-0.1, -0.05) is 27.7 Å². The van der Waals surface area contributed by atoms with E-state index in [0.29, 0.717) is 17.7 Å². The average Bonchev–Trinajstić information content (AvgIpc) is 2.43. The molecule has 1 aromatic rings. The summed E-state index contributed by atoms with van der Waals surface area (Å²) in [7, 11) is 0. The van der Waals surface area contributed by atoms with Crippen molar-refractivity contribution in [1.82, 2.24) is 15.6 Å². The first-order valence-electron chi connectivity index (χ1n) is 7.49. The van der Waals surface area contributed by atoms with Crippen LogP contribution in [0.2, 0.25) is 0 Å². The van der Waals surface area contributed by atoms with E-state index in [1.807, 2.05) is 19.1 Å². The fourth-order valence-corrected chi connectivity index (χ4v) is 1.52. The lowest BCUT2D eigenvalue weighted by molar-refractivity contribution is -0.124. The van der Waals surface area contributed by atoms with Crippen molar-refractivity contribution in [2.24, 2.45) is 5.92 Å². The number of nitrogens with one attached hydrogen (secondary N) is 2. The molecule has 0 saturated carbocycles. The zero-order valence-corrected chi connectivity index (χ0v) is 13.6. The molecule has 1 aromatic heterocycles. The highest BCUT2D eigenvalue weighted by Gasteiger charge is 2.11. The second kappa shape index (κ2) is 8.62. The van der Waals surface area contributed by atoms with Crippen LogP contribution >= 0.6 is 0 Å². The van der Waals surface area contributed by atoms with E-state index in [-0.39, 0.29) is 18.6 Å². The van der Waals surface area contributed by atoms with Crippen LogP contribution < -0.4 is 15.4 Å². The summed E-state index contributed by atoms with van der Waals surface area (Å²) in [6, 6.07) is 4.31. The molecule has 5 heteroatoms. The van der Waals surface area contributed by atoms with Crippen molar-refractivity contribution < 1.29 is 9.53 Å². The maximum absolute atomic E-state index is 11.7. The van der Waals surface area contributed by atoms with Crippen LogP contribution in [-0.4, -0.2) is 29.6 Å². The zero-order valence-electron chi connectivity index (χ0n) is 13.6. The minimum atomic E-state index is -0.109. The summed E-state index contributed by atoms with van der Waals surface area (Å²) in [6.07, 6.45) is 1.65. The Morgan fingerprint density at radius 2 is 1.95 bits per heavy atom. The molecular formula is C16H27N3O2. The van der Waals surface area contributed by atoms with Crippen LogP contribution in [0.4, 0.5) is 0 Å². The predicted molar refractivity (Wildman–Crippen MR) is 84.2 cm³/mol. The first kappa shape index (κ1) is 17.4. The van der Waals surface area contributed by atoms with Crippen molar-refractivity contribution in [3.05, 3.63) is 24.0 Å². The lowest BCUT2D eigenvalue weighted by atomic mass is 10.1. The Labute approximate surface area is 127 Å². The molecule has 1 rings (SSSR count). The van der Waals surface area contributed by atoms with Crippen LogP contribution in [0, 0.1) is 5.92 Å². The number of nitrogens with zero attached hydrogens (tertiary/aromatic N) is 1. The summed E-state index contributed by atoms with van der Waals surface area (Å²) in [4.78, 5) is 16.0. The smallest absolute Gasteiger partial charge is 0.258 e. The summed E-state index contributed by atoms with van der Waals surface area (Å²) in [5, 5.41) is 6.20. The zero-order chi connectivity index (χ0) is 15.8. The van der Waals surface area contributed by atoms with Gasteiger partial charge in [-0.2, -0.15) is 0 Å². The van der Waals surface area contributed by atoms with Gasteiger partial charge in [-0.25, -0.2) is 0 Å². The Balaban J connectivity index is 2.37. The largest absolute Gasteiger partial charge is 0.482 e. The van der Waals surface area contributed by atoms with Gasteiger partial charge >= 0.3 is 0 Å². The van der Waals surface area contributed by atoms with Crippen LogP contribution in [0.3, 0.4) is 0 Å². The Hall–Kier alpha value is -1.62. The van der Waals surface area contributed by atoms with E-state index in [4.69, 9.17) is 4.74 Å². The first-order valence-corrected chi connectivity index (χ1v) is 7.49. The molecule has 0 spiro atoms. The Bertz CT molecular complexity index is 430. The predicted octanol–water partition coefficient (Wildman–Crippen LogP) is 2.12. The van der Waals surface area contributed by atoms with Crippen LogP contribution in [0.15, 0.2) is 18.3 Å². The maximum atomic E-state index is 11.7. The van der Waals surface area contributed by atoms with E-state index in [1.165, 1.54) is 0 Å². The van der Waals surface area contributed by atoms with Gasteiger partial charge in [0.15, 0.2) is 6.61 Å². The molecule has 21 heavy (non-hydrogen) atoms. The summed E-state index contributed by atoms with van der Waals surface area (Å²) < 4.78 is 5.43. The normalized spacial score (nSPS) is 12.5. The number of hydrogen-bond acceptors (Lipinski definition) is 4. The molecule has 1 unspecified atom stereocenters. The molecule has 0 aromatic carbocycles. The third kappa shape index (κ3) is 7.09. The highest BCUT2D eigenvalue weighted by molar-refractivity contribution is 5.77. The minimum Gasteiger partial charge on any atom is -0.482 e. The van der Waals surface area contributed by atoms with Gasteiger partial charge in [-0.05, 0) is 25.0 Å². The molecule has 0 aliphatic carbocycles. The highest BCUT2D eigenvalue weighted by atomic mass is 16.5. The number of hydrogen-bond donors (Lipinski definition) is 2. The van der Waals surface area contributed by atoms with Gasteiger partial charge in [0.1, 0.15) is 5.75 Å². The molecule has 5 nitrogen and oxygen atoms in total. The monoisotopic (exact) mass is 293 g/mol. The number of amides is 1. The second-order valence-electron chi connectivity index (χ2n) is 5.91. The molecule has 0 radical (unpaired) electrons. The van der Waals surface area contributed by atoms with Gasteiger partial charge in [-0.15, -0.1) is 0 Å². The minimum absolute atomic E-state index is 0.0162. The van der Waals surface area contributed by atoms with Crippen LogP contribution in [-0.2, 0) is 11.3 Å². The topological polar surface area (TPSA) is 63.2 Å². The van der Waals surface area contributed by atoms with E-state index < -0.39 is 0 Å². The van der Waals surface area contributed by atoms with E-state index in [1.54, 1.807) is 6.20 Å². The van der Waals surface area contributed by atoms with Gasteiger partial charge in [0, 0.05) is 18.6 Å². The third-order valence-corrected chi connectivity index (χ3v) is 3.25. The quantitative estimate of drug-likeness (QED) is 0.770. The molecule has 1 atom stereocenters.